The minimum atomic E-state index is -0.465. The molecule has 0 radical (unpaired) electrons. The van der Waals surface area contributed by atoms with Crippen LogP contribution in [0.4, 0.5) is 5.69 Å². The molecule has 0 unspecified atom stereocenters. The number of nitro benzene ring substituents is 1. The van der Waals surface area contributed by atoms with Gasteiger partial charge in [-0.15, -0.1) is 0 Å². The van der Waals surface area contributed by atoms with E-state index in [1.54, 1.807) is 0 Å². The fourth-order valence-corrected chi connectivity index (χ4v) is 1.75. The number of nitrogens with zero attached hydrogens (tertiary/aromatic N) is 1. The molecule has 92 valence electrons. The Hall–Kier alpha value is -1.82. The molecule has 0 aromatic heterocycles. The Morgan fingerprint density at radius 2 is 2.18 bits per heavy atom. The zero-order valence-electron chi connectivity index (χ0n) is 9.46. The third-order valence-electron chi connectivity index (χ3n) is 2.79. The van der Waals surface area contributed by atoms with Crippen LogP contribution in [0.1, 0.15) is 12.8 Å². The lowest BCUT2D eigenvalue weighted by molar-refractivity contribution is -0.386. The fraction of sp³-hybridized carbons (Fsp3) is 0.455. The Balaban J connectivity index is 2.19. The molecular weight excluding hydrogens is 224 g/mol. The highest BCUT2D eigenvalue weighted by Crippen LogP contribution is 2.34. The molecule has 0 spiro atoms. The molecular formula is C11H14N2O4. The number of benzene rings is 1. The van der Waals surface area contributed by atoms with E-state index in [0.29, 0.717) is 5.75 Å². The van der Waals surface area contributed by atoms with Crippen molar-refractivity contribution in [1.82, 2.24) is 0 Å². The van der Waals surface area contributed by atoms with Gasteiger partial charge in [-0.25, -0.2) is 0 Å². The maximum absolute atomic E-state index is 10.8. The summed E-state index contributed by atoms with van der Waals surface area (Å²) >= 11 is 0. The molecule has 1 fully saturated rings. The molecule has 1 aliphatic carbocycles. The average Bonchev–Trinajstić information content (AvgIpc) is 2.26. The Kier molecular flexibility index (Phi) is 3.14. The molecule has 0 saturated heterocycles. The Bertz CT molecular complexity index is 429. The number of hydrogen-bond acceptors (Lipinski definition) is 5. The SMILES string of the molecule is COc1ccc([N+](=O)[O-])c(OC2CC(N)C2)c1. The van der Waals surface area contributed by atoms with Crippen LogP contribution in [0.5, 0.6) is 11.5 Å². The van der Waals surface area contributed by atoms with Gasteiger partial charge < -0.3 is 15.2 Å². The van der Waals surface area contributed by atoms with Crippen LogP contribution in [0, 0.1) is 10.1 Å². The van der Waals surface area contributed by atoms with Gasteiger partial charge in [-0.2, -0.15) is 0 Å². The first-order chi connectivity index (χ1) is 8.10. The molecule has 1 saturated carbocycles. The number of ether oxygens (including phenoxy) is 2. The molecule has 0 heterocycles. The average molecular weight is 238 g/mol. The van der Waals surface area contributed by atoms with Crippen molar-refractivity contribution in [2.45, 2.75) is 25.0 Å². The first kappa shape index (κ1) is 11.7. The molecule has 2 N–H and O–H groups in total. The van der Waals surface area contributed by atoms with Crippen LogP contribution in [0.25, 0.3) is 0 Å². The second kappa shape index (κ2) is 4.58. The van der Waals surface area contributed by atoms with Crippen molar-refractivity contribution in [1.29, 1.82) is 0 Å². The molecule has 0 atom stereocenters. The zero-order valence-corrected chi connectivity index (χ0v) is 9.46. The Morgan fingerprint density at radius 3 is 2.71 bits per heavy atom. The van der Waals surface area contributed by atoms with E-state index in [9.17, 15) is 10.1 Å². The monoisotopic (exact) mass is 238 g/mol. The number of methoxy groups -OCH3 is 1. The van der Waals surface area contributed by atoms with E-state index in [4.69, 9.17) is 15.2 Å². The minimum absolute atomic E-state index is 0.0317. The number of hydrogen-bond donors (Lipinski definition) is 1. The van der Waals surface area contributed by atoms with Gasteiger partial charge in [-0.05, 0) is 18.9 Å². The lowest BCUT2D eigenvalue weighted by Crippen LogP contribution is -2.43. The van der Waals surface area contributed by atoms with Crippen molar-refractivity contribution in [3.8, 4) is 11.5 Å². The maximum atomic E-state index is 10.8. The van der Waals surface area contributed by atoms with Crippen LogP contribution >= 0.6 is 0 Å². The highest BCUT2D eigenvalue weighted by Gasteiger charge is 2.30. The highest BCUT2D eigenvalue weighted by molar-refractivity contribution is 5.50. The molecule has 6 heteroatoms. The van der Waals surface area contributed by atoms with E-state index < -0.39 is 4.92 Å². The first-order valence-electron chi connectivity index (χ1n) is 5.35. The summed E-state index contributed by atoms with van der Waals surface area (Å²) in [6, 6.07) is 4.59. The van der Waals surface area contributed by atoms with Gasteiger partial charge in [0.1, 0.15) is 11.9 Å². The van der Waals surface area contributed by atoms with Crippen molar-refractivity contribution in [2.75, 3.05) is 7.11 Å². The summed E-state index contributed by atoms with van der Waals surface area (Å²) in [7, 11) is 1.50. The Morgan fingerprint density at radius 1 is 1.47 bits per heavy atom. The molecule has 17 heavy (non-hydrogen) atoms. The second-order valence-corrected chi connectivity index (χ2v) is 4.06. The number of rotatable bonds is 4. The topological polar surface area (TPSA) is 87.6 Å². The molecule has 1 aliphatic rings. The summed E-state index contributed by atoms with van der Waals surface area (Å²) in [5.74, 6) is 0.778. The normalized spacial score (nSPS) is 22.7. The first-order valence-corrected chi connectivity index (χ1v) is 5.35. The maximum Gasteiger partial charge on any atom is 0.311 e. The van der Waals surface area contributed by atoms with Gasteiger partial charge in [0.05, 0.1) is 12.0 Å². The summed E-state index contributed by atoms with van der Waals surface area (Å²) < 4.78 is 10.6. The predicted octanol–water partition coefficient (Wildman–Crippen LogP) is 1.47. The van der Waals surface area contributed by atoms with Gasteiger partial charge in [0, 0.05) is 18.2 Å². The molecule has 0 amide bonds. The van der Waals surface area contributed by atoms with E-state index in [1.807, 2.05) is 0 Å². The molecule has 2 rings (SSSR count). The largest absolute Gasteiger partial charge is 0.497 e. The van der Waals surface area contributed by atoms with Gasteiger partial charge in [-0.1, -0.05) is 0 Å². The van der Waals surface area contributed by atoms with Crippen molar-refractivity contribution in [3.05, 3.63) is 28.3 Å². The van der Waals surface area contributed by atoms with Gasteiger partial charge >= 0.3 is 5.69 Å². The van der Waals surface area contributed by atoms with Crippen LogP contribution in [-0.2, 0) is 0 Å². The van der Waals surface area contributed by atoms with E-state index in [2.05, 4.69) is 0 Å². The zero-order chi connectivity index (χ0) is 12.4. The van der Waals surface area contributed by atoms with Gasteiger partial charge in [0.15, 0.2) is 0 Å². The molecule has 1 aromatic rings. The quantitative estimate of drug-likeness (QED) is 0.634. The van der Waals surface area contributed by atoms with E-state index >= 15 is 0 Å². The molecule has 0 aliphatic heterocycles. The summed E-state index contributed by atoms with van der Waals surface area (Å²) in [6.45, 7) is 0. The standard InChI is InChI=1S/C11H14N2O4/c1-16-8-2-3-10(13(14)15)11(6-8)17-9-4-7(12)5-9/h2-3,6-7,9H,4-5,12H2,1H3. The van der Waals surface area contributed by atoms with E-state index in [1.165, 1.54) is 25.3 Å². The fourth-order valence-electron chi connectivity index (χ4n) is 1.75. The molecule has 1 aromatic carbocycles. The summed E-state index contributed by atoms with van der Waals surface area (Å²) in [4.78, 5) is 10.4. The second-order valence-electron chi connectivity index (χ2n) is 4.06. The lowest BCUT2D eigenvalue weighted by atomic mass is 9.90. The van der Waals surface area contributed by atoms with Crippen LogP contribution in [0.15, 0.2) is 18.2 Å². The van der Waals surface area contributed by atoms with Gasteiger partial charge in [-0.3, -0.25) is 10.1 Å². The molecule has 0 bridgehead atoms. The number of nitrogens with two attached hydrogens (primary N) is 1. The van der Waals surface area contributed by atoms with Crippen molar-refractivity contribution < 1.29 is 14.4 Å². The summed E-state index contributed by atoms with van der Waals surface area (Å²) in [5, 5.41) is 10.8. The number of nitro groups is 1. The minimum Gasteiger partial charge on any atom is -0.497 e. The molecule has 6 nitrogen and oxygen atoms in total. The van der Waals surface area contributed by atoms with Crippen molar-refractivity contribution >= 4 is 5.69 Å². The van der Waals surface area contributed by atoms with Crippen molar-refractivity contribution in [2.24, 2.45) is 5.73 Å². The summed E-state index contributed by atoms with van der Waals surface area (Å²) in [6.07, 6.45) is 1.43. The van der Waals surface area contributed by atoms with Crippen LogP contribution in [0.3, 0.4) is 0 Å². The van der Waals surface area contributed by atoms with Crippen LogP contribution in [0.2, 0.25) is 0 Å². The van der Waals surface area contributed by atoms with Crippen LogP contribution in [-0.4, -0.2) is 24.2 Å². The van der Waals surface area contributed by atoms with Crippen molar-refractivity contribution in [3.63, 3.8) is 0 Å². The van der Waals surface area contributed by atoms with Gasteiger partial charge in [0.2, 0.25) is 5.75 Å². The Labute approximate surface area is 98.5 Å². The smallest absolute Gasteiger partial charge is 0.311 e. The van der Waals surface area contributed by atoms with E-state index in [-0.39, 0.29) is 23.6 Å². The lowest BCUT2D eigenvalue weighted by Gasteiger charge is -2.32. The predicted molar refractivity (Wildman–Crippen MR) is 61.3 cm³/mol. The highest BCUT2D eigenvalue weighted by atomic mass is 16.6. The summed E-state index contributed by atoms with van der Waals surface area (Å²) in [5.41, 5.74) is 5.59. The third kappa shape index (κ3) is 2.47. The van der Waals surface area contributed by atoms with Gasteiger partial charge in [0.25, 0.3) is 0 Å². The third-order valence-corrected chi connectivity index (χ3v) is 2.79. The van der Waals surface area contributed by atoms with Crippen LogP contribution < -0.4 is 15.2 Å². The van der Waals surface area contributed by atoms with E-state index in [0.717, 1.165) is 12.8 Å².